The maximum absolute atomic E-state index is 13.9. The summed E-state index contributed by atoms with van der Waals surface area (Å²) >= 11 is 6.13. The molecule has 2 rings (SSSR count). The number of benzene rings is 2. The molecule has 4 heteroatoms. The first-order valence-corrected chi connectivity index (χ1v) is 6.75. The summed E-state index contributed by atoms with van der Waals surface area (Å²) in [5.74, 6) is -0.834. The molecule has 0 saturated heterocycles. The van der Waals surface area contributed by atoms with E-state index in [2.05, 4.69) is 5.32 Å². The predicted octanol–water partition coefficient (Wildman–Crippen LogP) is 5.41. The number of hydrogen-bond donors (Lipinski definition) is 1. The minimum atomic E-state index is -0.423. The molecule has 106 valence electrons. The van der Waals surface area contributed by atoms with Crippen LogP contribution in [0.15, 0.2) is 30.3 Å². The van der Waals surface area contributed by atoms with Crippen molar-refractivity contribution < 1.29 is 8.78 Å². The van der Waals surface area contributed by atoms with E-state index in [0.29, 0.717) is 10.6 Å². The standard InChI is InChI=1S/C16H16ClF2N/c1-9-5-4-6-13(17)16(9)20-11(3)12-8-14(18)10(2)7-15(12)19/h4-8,11,20H,1-3H3. The van der Waals surface area contributed by atoms with E-state index in [-0.39, 0.29) is 11.6 Å². The molecule has 0 spiro atoms. The van der Waals surface area contributed by atoms with Crippen molar-refractivity contribution in [3.63, 3.8) is 0 Å². The fourth-order valence-corrected chi connectivity index (χ4v) is 2.38. The second kappa shape index (κ2) is 5.80. The van der Waals surface area contributed by atoms with Crippen LogP contribution in [-0.4, -0.2) is 0 Å². The maximum atomic E-state index is 13.9. The summed E-state index contributed by atoms with van der Waals surface area (Å²) in [6.07, 6.45) is 0. The molecule has 0 amide bonds. The number of nitrogens with one attached hydrogen (secondary N) is 1. The van der Waals surface area contributed by atoms with Crippen molar-refractivity contribution in [1.82, 2.24) is 0 Å². The SMILES string of the molecule is Cc1cc(F)c(C(C)Nc2c(C)cccc2Cl)cc1F. The van der Waals surface area contributed by atoms with Crippen LogP contribution in [0.1, 0.15) is 29.7 Å². The van der Waals surface area contributed by atoms with Gasteiger partial charge < -0.3 is 5.32 Å². The van der Waals surface area contributed by atoms with E-state index in [9.17, 15) is 8.78 Å². The van der Waals surface area contributed by atoms with Crippen LogP contribution in [-0.2, 0) is 0 Å². The van der Waals surface area contributed by atoms with Crippen LogP contribution in [0, 0.1) is 25.5 Å². The molecule has 1 nitrogen and oxygen atoms in total. The lowest BCUT2D eigenvalue weighted by Crippen LogP contribution is -2.11. The minimum Gasteiger partial charge on any atom is -0.377 e. The molecule has 2 aromatic carbocycles. The van der Waals surface area contributed by atoms with E-state index in [0.717, 1.165) is 11.3 Å². The molecule has 2 aromatic rings. The second-order valence-corrected chi connectivity index (χ2v) is 5.33. The van der Waals surface area contributed by atoms with Crippen LogP contribution in [0.3, 0.4) is 0 Å². The molecule has 0 aliphatic carbocycles. The van der Waals surface area contributed by atoms with Gasteiger partial charge in [-0.2, -0.15) is 0 Å². The molecule has 0 bridgehead atoms. The van der Waals surface area contributed by atoms with Crippen LogP contribution in [0.2, 0.25) is 5.02 Å². The molecule has 0 heterocycles. The van der Waals surface area contributed by atoms with Crippen molar-refractivity contribution >= 4 is 17.3 Å². The third-order valence-electron chi connectivity index (χ3n) is 3.33. The van der Waals surface area contributed by atoms with Gasteiger partial charge in [0.2, 0.25) is 0 Å². The Balaban J connectivity index is 2.33. The molecular formula is C16H16ClF2N. The van der Waals surface area contributed by atoms with Gasteiger partial charge in [-0.05, 0) is 50.1 Å². The predicted molar refractivity (Wildman–Crippen MR) is 79.3 cm³/mol. The van der Waals surface area contributed by atoms with Crippen LogP contribution in [0.4, 0.5) is 14.5 Å². The molecule has 0 saturated carbocycles. The largest absolute Gasteiger partial charge is 0.377 e. The summed E-state index contributed by atoms with van der Waals surface area (Å²) in [4.78, 5) is 0. The highest BCUT2D eigenvalue weighted by atomic mass is 35.5. The van der Waals surface area contributed by atoms with Gasteiger partial charge in [0.25, 0.3) is 0 Å². The minimum absolute atomic E-state index is 0.285. The molecule has 0 fully saturated rings. The molecule has 0 aromatic heterocycles. The first kappa shape index (κ1) is 14.8. The van der Waals surface area contributed by atoms with Crippen LogP contribution in [0.25, 0.3) is 0 Å². The van der Waals surface area contributed by atoms with Gasteiger partial charge in [-0.15, -0.1) is 0 Å². The number of aryl methyl sites for hydroxylation is 2. The smallest absolute Gasteiger partial charge is 0.128 e. The van der Waals surface area contributed by atoms with Gasteiger partial charge >= 0.3 is 0 Å². The van der Waals surface area contributed by atoms with Crippen molar-refractivity contribution in [2.45, 2.75) is 26.8 Å². The maximum Gasteiger partial charge on any atom is 0.128 e. The zero-order valence-electron chi connectivity index (χ0n) is 11.6. The van der Waals surface area contributed by atoms with Gasteiger partial charge in [-0.3, -0.25) is 0 Å². The first-order valence-electron chi connectivity index (χ1n) is 6.37. The van der Waals surface area contributed by atoms with Gasteiger partial charge in [-0.1, -0.05) is 23.7 Å². The van der Waals surface area contributed by atoms with Crippen LogP contribution >= 0.6 is 11.6 Å². The van der Waals surface area contributed by atoms with Gasteiger partial charge in [0.1, 0.15) is 11.6 Å². The number of para-hydroxylation sites is 1. The zero-order valence-corrected chi connectivity index (χ0v) is 12.4. The fraction of sp³-hybridized carbons (Fsp3) is 0.250. The van der Waals surface area contributed by atoms with E-state index < -0.39 is 11.6 Å². The summed E-state index contributed by atoms with van der Waals surface area (Å²) in [6.45, 7) is 5.22. The molecule has 0 aliphatic heterocycles. The molecular weight excluding hydrogens is 280 g/mol. The average molecular weight is 296 g/mol. The van der Waals surface area contributed by atoms with Gasteiger partial charge in [-0.25, -0.2) is 8.78 Å². The molecule has 20 heavy (non-hydrogen) atoms. The third-order valence-corrected chi connectivity index (χ3v) is 3.64. The van der Waals surface area contributed by atoms with Gasteiger partial charge in [0, 0.05) is 5.56 Å². The Morgan fingerprint density at radius 2 is 1.75 bits per heavy atom. The Morgan fingerprint density at radius 1 is 1.05 bits per heavy atom. The lowest BCUT2D eigenvalue weighted by molar-refractivity contribution is 0.571. The Hall–Kier alpha value is -1.61. The van der Waals surface area contributed by atoms with Crippen molar-refractivity contribution in [2.75, 3.05) is 5.32 Å². The fourth-order valence-electron chi connectivity index (χ4n) is 2.10. The summed E-state index contributed by atoms with van der Waals surface area (Å²) in [5, 5.41) is 3.70. The first-order chi connectivity index (χ1) is 9.40. The highest BCUT2D eigenvalue weighted by molar-refractivity contribution is 6.33. The lowest BCUT2D eigenvalue weighted by atomic mass is 10.0. The molecule has 1 atom stereocenters. The summed E-state index contributed by atoms with van der Waals surface area (Å²) < 4.78 is 27.5. The highest BCUT2D eigenvalue weighted by Gasteiger charge is 2.15. The quantitative estimate of drug-likeness (QED) is 0.798. The van der Waals surface area contributed by atoms with E-state index in [1.54, 1.807) is 19.9 Å². The van der Waals surface area contributed by atoms with E-state index in [1.165, 1.54) is 12.1 Å². The molecule has 0 aliphatic rings. The summed E-state index contributed by atoms with van der Waals surface area (Å²) in [6, 6.07) is 7.57. The van der Waals surface area contributed by atoms with E-state index >= 15 is 0 Å². The van der Waals surface area contributed by atoms with Gasteiger partial charge in [0.15, 0.2) is 0 Å². The van der Waals surface area contributed by atoms with Crippen LogP contribution in [0.5, 0.6) is 0 Å². The highest BCUT2D eigenvalue weighted by Crippen LogP contribution is 2.30. The number of halogens is 3. The normalized spacial score (nSPS) is 12.3. The molecule has 0 radical (unpaired) electrons. The average Bonchev–Trinajstić information content (AvgIpc) is 2.38. The molecule has 1 unspecified atom stereocenters. The number of rotatable bonds is 3. The Bertz CT molecular complexity index is 620. The number of hydrogen-bond acceptors (Lipinski definition) is 1. The van der Waals surface area contributed by atoms with E-state index in [1.807, 2.05) is 19.1 Å². The van der Waals surface area contributed by atoms with Crippen molar-refractivity contribution in [3.05, 3.63) is 63.7 Å². The second-order valence-electron chi connectivity index (χ2n) is 4.92. The Kier molecular flexibility index (Phi) is 4.29. The summed E-state index contributed by atoms with van der Waals surface area (Å²) in [7, 11) is 0. The third kappa shape index (κ3) is 2.93. The summed E-state index contributed by atoms with van der Waals surface area (Å²) in [5.41, 5.74) is 2.28. The number of anilines is 1. The monoisotopic (exact) mass is 295 g/mol. The lowest BCUT2D eigenvalue weighted by Gasteiger charge is -2.19. The van der Waals surface area contributed by atoms with E-state index in [4.69, 9.17) is 11.6 Å². The van der Waals surface area contributed by atoms with Crippen molar-refractivity contribution in [3.8, 4) is 0 Å². The van der Waals surface area contributed by atoms with Gasteiger partial charge in [0.05, 0.1) is 16.8 Å². The zero-order chi connectivity index (χ0) is 14.9. The van der Waals surface area contributed by atoms with Crippen LogP contribution < -0.4 is 5.32 Å². The Labute approximate surface area is 122 Å². The topological polar surface area (TPSA) is 12.0 Å². The van der Waals surface area contributed by atoms with Crippen molar-refractivity contribution in [2.24, 2.45) is 0 Å². The molecule has 1 N–H and O–H groups in total. The van der Waals surface area contributed by atoms with Crippen molar-refractivity contribution in [1.29, 1.82) is 0 Å². The Morgan fingerprint density at radius 3 is 2.40 bits per heavy atom.